The number of hydrogen-bond acceptors (Lipinski definition) is 2. The lowest BCUT2D eigenvalue weighted by Crippen LogP contribution is -2.36. The molecule has 0 aromatic heterocycles. The Morgan fingerprint density at radius 2 is 1.89 bits per heavy atom. The number of likely N-dealkylation sites (tertiary alicyclic amines) is 1. The molecule has 1 aliphatic heterocycles. The van der Waals surface area contributed by atoms with Crippen LogP contribution in [0.2, 0.25) is 0 Å². The minimum Gasteiger partial charge on any atom is -0.496 e. The molecule has 1 amide bonds. The molecule has 19 heavy (non-hydrogen) atoms. The molecule has 1 aliphatic rings. The number of piperidine rings is 1. The van der Waals surface area contributed by atoms with Crippen molar-refractivity contribution < 1.29 is 9.53 Å². The second kappa shape index (κ2) is 6.09. The third kappa shape index (κ3) is 3.28. The van der Waals surface area contributed by atoms with Gasteiger partial charge in [-0.2, -0.15) is 0 Å². The standard InChI is InChI=1S/C16H23NO2/c1-12-9-13(2)14(15(10-12)19-3)11-16(18)17-7-5-4-6-8-17/h9-10H,4-8,11H2,1-3H3. The van der Waals surface area contributed by atoms with Gasteiger partial charge in [0.05, 0.1) is 13.5 Å². The first kappa shape index (κ1) is 13.9. The van der Waals surface area contributed by atoms with E-state index in [1.54, 1.807) is 7.11 Å². The number of rotatable bonds is 3. The lowest BCUT2D eigenvalue weighted by atomic mass is 10.0. The van der Waals surface area contributed by atoms with E-state index in [4.69, 9.17) is 4.74 Å². The summed E-state index contributed by atoms with van der Waals surface area (Å²) < 4.78 is 5.42. The molecule has 1 heterocycles. The summed E-state index contributed by atoms with van der Waals surface area (Å²) in [6.07, 6.45) is 3.97. The highest BCUT2D eigenvalue weighted by molar-refractivity contribution is 5.80. The van der Waals surface area contributed by atoms with Crippen molar-refractivity contribution in [2.45, 2.75) is 39.5 Å². The fraction of sp³-hybridized carbons (Fsp3) is 0.562. The van der Waals surface area contributed by atoms with E-state index in [9.17, 15) is 4.79 Å². The first-order valence-electron chi connectivity index (χ1n) is 7.03. The van der Waals surface area contributed by atoms with Crippen LogP contribution in [-0.4, -0.2) is 31.0 Å². The Morgan fingerprint density at radius 1 is 1.21 bits per heavy atom. The van der Waals surface area contributed by atoms with E-state index < -0.39 is 0 Å². The maximum Gasteiger partial charge on any atom is 0.227 e. The molecule has 0 unspecified atom stereocenters. The molecule has 1 fully saturated rings. The number of carbonyl (C=O) groups is 1. The first-order valence-corrected chi connectivity index (χ1v) is 7.03. The predicted octanol–water partition coefficient (Wildman–Crippen LogP) is 2.87. The van der Waals surface area contributed by atoms with Crippen molar-refractivity contribution in [2.75, 3.05) is 20.2 Å². The zero-order valence-electron chi connectivity index (χ0n) is 12.2. The van der Waals surface area contributed by atoms with Crippen LogP contribution in [0.3, 0.4) is 0 Å². The average molecular weight is 261 g/mol. The van der Waals surface area contributed by atoms with E-state index in [1.807, 2.05) is 24.8 Å². The highest BCUT2D eigenvalue weighted by atomic mass is 16.5. The highest BCUT2D eigenvalue weighted by Gasteiger charge is 2.19. The van der Waals surface area contributed by atoms with Crippen LogP contribution in [0, 0.1) is 13.8 Å². The van der Waals surface area contributed by atoms with E-state index in [0.29, 0.717) is 6.42 Å². The summed E-state index contributed by atoms with van der Waals surface area (Å²) in [4.78, 5) is 14.3. The molecule has 0 bridgehead atoms. The van der Waals surface area contributed by atoms with Gasteiger partial charge in [-0.25, -0.2) is 0 Å². The largest absolute Gasteiger partial charge is 0.496 e. The summed E-state index contributed by atoms with van der Waals surface area (Å²) in [7, 11) is 1.67. The average Bonchev–Trinajstić information content (AvgIpc) is 2.42. The zero-order valence-corrected chi connectivity index (χ0v) is 12.2. The zero-order chi connectivity index (χ0) is 13.8. The summed E-state index contributed by atoms with van der Waals surface area (Å²) in [6, 6.07) is 4.12. The molecule has 0 atom stereocenters. The van der Waals surface area contributed by atoms with Gasteiger partial charge in [-0.3, -0.25) is 4.79 Å². The van der Waals surface area contributed by atoms with Crippen molar-refractivity contribution in [1.29, 1.82) is 0 Å². The number of aryl methyl sites for hydroxylation is 2. The van der Waals surface area contributed by atoms with Crippen LogP contribution in [0.15, 0.2) is 12.1 Å². The Hall–Kier alpha value is -1.51. The predicted molar refractivity (Wildman–Crippen MR) is 76.6 cm³/mol. The normalized spacial score (nSPS) is 15.4. The summed E-state index contributed by atoms with van der Waals surface area (Å²) in [5.74, 6) is 1.06. The Bertz CT molecular complexity index is 462. The molecule has 0 N–H and O–H groups in total. The van der Waals surface area contributed by atoms with Gasteiger partial charge in [0, 0.05) is 18.7 Å². The van der Waals surface area contributed by atoms with Gasteiger partial charge < -0.3 is 9.64 Å². The van der Waals surface area contributed by atoms with Crippen molar-refractivity contribution >= 4 is 5.91 Å². The lowest BCUT2D eigenvalue weighted by molar-refractivity contribution is -0.131. The number of benzene rings is 1. The second-order valence-electron chi connectivity index (χ2n) is 5.38. The van der Waals surface area contributed by atoms with E-state index in [0.717, 1.165) is 42.8 Å². The second-order valence-corrected chi connectivity index (χ2v) is 5.38. The molecule has 2 rings (SSSR count). The number of methoxy groups -OCH3 is 1. The molecule has 0 radical (unpaired) electrons. The number of nitrogens with zero attached hydrogens (tertiary/aromatic N) is 1. The molecule has 3 heteroatoms. The quantitative estimate of drug-likeness (QED) is 0.837. The number of hydrogen-bond donors (Lipinski definition) is 0. The van der Waals surface area contributed by atoms with E-state index in [1.165, 1.54) is 12.0 Å². The van der Waals surface area contributed by atoms with Crippen LogP contribution >= 0.6 is 0 Å². The van der Waals surface area contributed by atoms with Crippen LogP contribution < -0.4 is 4.74 Å². The molecule has 3 nitrogen and oxygen atoms in total. The fourth-order valence-corrected chi connectivity index (χ4v) is 2.77. The minimum absolute atomic E-state index is 0.227. The summed E-state index contributed by atoms with van der Waals surface area (Å²) >= 11 is 0. The third-order valence-corrected chi connectivity index (χ3v) is 3.83. The molecule has 1 aromatic rings. The Morgan fingerprint density at radius 3 is 2.53 bits per heavy atom. The molecule has 0 saturated carbocycles. The van der Waals surface area contributed by atoms with Crippen LogP contribution in [0.1, 0.15) is 36.0 Å². The molecular weight excluding hydrogens is 238 g/mol. The minimum atomic E-state index is 0.227. The molecule has 1 aromatic carbocycles. The number of carbonyl (C=O) groups excluding carboxylic acids is 1. The van der Waals surface area contributed by atoms with Gasteiger partial charge in [0.2, 0.25) is 5.91 Å². The van der Waals surface area contributed by atoms with Gasteiger partial charge >= 0.3 is 0 Å². The van der Waals surface area contributed by atoms with E-state index in [2.05, 4.69) is 6.07 Å². The van der Waals surface area contributed by atoms with Crippen LogP contribution in [-0.2, 0) is 11.2 Å². The maximum absolute atomic E-state index is 12.3. The highest BCUT2D eigenvalue weighted by Crippen LogP contribution is 2.25. The summed E-state index contributed by atoms with van der Waals surface area (Å²) in [6.45, 7) is 5.91. The number of ether oxygens (including phenoxy) is 1. The molecule has 0 spiro atoms. The van der Waals surface area contributed by atoms with Gasteiger partial charge in [-0.15, -0.1) is 0 Å². The van der Waals surface area contributed by atoms with Crippen LogP contribution in [0.25, 0.3) is 0 Å². The lowest BCUT2D eigenvalue weighted by Gasteiger charge is -2.27. The van der Waals surface area contributed by atoms with Gasteiger partial charge in [-0.05, 0) is 50.3 Å². The first-order chi connectivity index (χ1) is 9.11. The van der Waals surface area contributed by atoms with Crippen molar-refractivity contribution in [2.24, 2.45) is 0 Å². The van der Waals surface area contributed by atoms with E-state index in [-0.39, 0.29) is 5.91 Å². The molecule has 1 saturated heterocycles. The van der Waals surface area contributed by atoms with Crippen LogP contribution in [0.5, 0.6) is 5.75 Å². The van der Waals surface area contributed by atoms with Gasteiger partial charge in [-0.1, -0.05) is 6.07 Å². The maximum atomic E-state index is 12.3. The van der Waals surface area contributed by atoms with Crippen molar-refractivity contribution in [1.82, 2.24) is 4.90 Å². The van der Waals surface area contributed by atoms with Gasteiger partial charge in [0.15, 0.2) is 0 Å². The number of amides is 1. The third-order valence-electron chi connectivity index (χ3n) is 3.83. The monoisotopic (exact) mass is 261 g/mol. The Labute approximate surface area is 115 Å². The Kier molecular flexibility index (Phi) is 4.46. The summed E-state index contributed by atoms with van der Waals surface area (Å²) in [5, 5.41) is 0. The summed E-state index contributed by atoms with van der Waals surface area (Å²) in [5.41, 5.74) is 3.34. The van der Waals surface area contributed by atoms with Crippen molar-refractivity contribution in [3.63, 3.8) is 0 Å². The topological polar surface area (TPSA) is 29.5 Å². The molecule has 104 valence electrons. The van der Waals surface area contributed by atoms with Crippen molar-refractivity contribution in [3.05, 3.63) is 28.8 Å². The van der Waals surface area contributed by atoms with E-state index >= 15 is 0 Å². The Balaban J connectivity index is 2.15. The smallest absolute Gasteiger partial charge is 0.227 e. The fourth-order valence-electron chi connectivity index (χ4n) is 2.77. The van der Waals surface area contributed by atoms with Crippen LogP contribution in [0.4, 0.5) is 0 Å². The molecular formula is C16H23NO2. The van der Waals surface area contributed by atoms with Gasteiger partial charge in [0.25, 0.3) is 0 Å². The molecule has 0 aliphatic carbocycles. The van der Waals surface area contributed by atoms with Crippen molar-refractivity contribution in [3.8, 4) is 5.75 Å². The SMILES string of the molecule is COc1cc(C)cc(C)c1CC(=O)N1CCCCC1. The van der Waals surface area contributed by atoms with Gasteiger partial charge in [0.1, 0.15) is 5.75 Å².